The van der Waals surface area contributed by atoms with Crippen molar-refractivity contribution in [2.45, 2.75) is 51.9 Å². The predicted octanol–water partition coefficient (Wildman–Crippen LogP) is 2.77. The maximum atomic E-state index is 11.5. The van der Waals surface area contributed by atoms with Crippen molar-refractivity contribution in [3.8, 4) is 0 Å². The summed E-state index contributed by atoms with van der Waals surface area (Å²) in [5.41, 5.74) is 0.321. The molecule has 0 amide bonds. The largest absolute Gasteiger partial charge is 0.416 e. The first-order valence-corrected chi connectivity index (χ1v) is 6.52. The molecule has 108 valence electrons. The first-order valence-electron chi connectivity index (χ1n) is 6.52. The van der Waals surface area contributed by atoms with Gasteiger partial charge in [0.2, 0.25) is 5.76 Å². The number of carbonyl (C=O) groups is 2. The molecule has 0 aliphatic carbocycles. The molecule has 0 spiro atoms. The number of nitrogens with two attached hydrogens (primary N) is 1. The van der Waals surface area contributed by atoms with E-state index in [0.717, 1.165) is 19.3 Å². The molecule has 0 saturated carbocycles. The van der Waals surface area contributed by atoms with Gasteiger partial charge in [-0.25, -0.2) is 9.59 Å². The zero-order valence-electron chi connectivity index (χ0n) is 11.6. The fourth-order valence-electron chi connectivity index (χ4n) is 1.51. The maximum absolute atomic E-state index is 11.5. The van der Waals surface area contributed by atoms with E-state index in [1.54, 1.807) is 0 Å². The highest BCUT2D eigenvalue weighted by molar-refractivity contribution is 5.94. The molecule has 0 bridgehead atoms. The van der Waals surface area contributed by atoms with Crippen LogP contribution < -0.4 is 5.90 Å². The van der Waals surface area contributed by atoms with Gasteiger partial charge in [0.15, 0.2) is 0 Å². The number of esters is 1. The van der Waals surface area contributed by atoms with Crippen molar-refractivity contribution >= 4 is 11.9 Å². The van der Waals surface area contributed by atoms with E-state index in [2.05, 4.69) is 35.6 Å². The van der Waals surface area contributed by atoms with Gasteiger partial charge in [-0.1, -0.05) is 45.6 Å². The summed E-state index contributed by atoms with van der Waals surface area (Å²) in [7, 11) is 0. The second kappa shape index (κ2) is 10.3. The fourth-order valence-corrected chi connectivity index (χ4v) is 1.51. The Labute approximate surface area is 114 Å². The van der Waals surface area contributed by atoms with Crippen molar-refractivity contribution in [2.75, 3.05) is 0 Å². The van der Waals surface area contributed by atoms with Crippen LogP contribution in [0.25, 0.3) is 0 Å². The quantitative estimate of drug-likeness (QED) is 0.217. The van der Waals surface area contributed by atoms with E-state index >= 15 is 0 Å². The highest BCUT2D eigenvalue weighted by Gasteiger charge is 2.16. The Balaban J connectivity index is 3.79. The first-order chi connectivity index (χ1) is 9.02. The standard InChI is InChI=1S/C14H23NO4/c1-4-5-6-7-8-9-10-11(2)13(16)18-12(3)14(17)19-15/h2-10,15H2,1H3. The highest BCUT2D eigenvalue weighted by atomic mass is 16.7. The normalized spacial score (nSPS) is 9.79. The maximum Gasteiger partial charge on any atom is 0.392 e. The Morgan fingerprint density at radius 3 is 2.16 bits per heavy atom. The third-order valence-electron chi connectivity index (χ3n) is 2.67. The molecule has 0 heterocycles. The first kappa shape index (κ1) is 17.4. The summed E-state index contributed by atoms with van der Waals surface area (Å²) in [6.07, 6.45) is 7.30. The summed E-state index contributed by atoms with van der Waals surface area (Å²) in [6, 6.07) is 0. The Morgan fingerprint density at radius 1 is 1.00 bits per heavy atom. The van der Waals surface area contributed by atoms with Gasteiger partial charge in [0.1, 0.15) is 0 Å². The topological polar surface area (TPSA) is 78.6 Å². The lowest BCUT2D eigenvalue weighted by Crippen LogP contribution is -2.17. The number of ether oxygens (including phenoxy) is 1. The van der Waals surface area contributed by atoms with Crippen LogP contribution in [0.4, 0.5) is 0 Å². The van der Waals surface area contributed by atoms with Gasteiger partial charge in [0.05, 0.1) is 0 Å². The Bertz CT molecular complexity index is 336. The van der Waals surface area contributed by atoms with Gasteiger partial charge in [0.25, 0.3) is 0 Å². The molecule has 0 aromatic carbocycles. The lowest BCUT2D eigenvalue weighted by atomic mass is 10.1. The van der Waals surface area contributed by atoms with Crippen LogP contribution in [0.1, 0.15) is 51.9 Å². The smallest absolute Gasteiger partial charge is 0.392 e. The van der Waals surface area contributed by atoms with E-state index in [-0.39, 0.29) is 0 Å². The molecule has 5 heteroatoms. The molecule has 0 aliphatic heterocycles. The van der Waals surface area contributed by atoms with Gasteiger partial charge in [-0.15, -0.1) is 0 Å². The molecule has 0 atom stereocenters. The zero-order chi connectivity index (χ0) is 14.7. The summed E-state index contributed by atoms with van der Waals surface area (Å²) in [5, 5.41) is 0. The van der Waals surface area contributed by atoms with Crippen molar-refractivity contribution in [3.63, 3.8) is 0 Å². The van der Waals surface area contributed by atoms with Crippen LogP contribution in [0.2, 0.25) is 0 Å². The Kier molecular flexibility index (Phi) is 9.44. The lowest BCUT2D eigenvalue weighted by molar-refractivity contribution is -0.149. The lowest BCUT2D eigenvalue weighted by Gasteiger charge is -2.07. The summed E-state index contributed by atoms with van der Waals surface area (Å²) in [6.45, 7) is 9.03. The van der Waals surface area contributed by atoms with Crippen LogP contribution in [-0.4, -0.2) is 11.9 Å². The molecule has 0 unspecified atom stereocenters. The number of carbonyl (C=O) groups excluding carboxylic acids is 2. The van der Waals surface area contributed by atoms with Crippen LogP contribution in [-0.2, 0) is 19.2 Å². The summed E-state index contributed by atoms with van der Waals surface area (Å²) in [4.78, 5) is 26.3. The van der Waals surface area contributed by atoms with Crippen molar-refractivity contribution in [2.24, 2.45) is 5.90 Å². The van der Waals surface area contributed by atoms with E-state index in [0.29, 0.717) is 12.0 Å². The predicted molar refractivity (Wildman–Crippen MR) is 72.6 cm³/mol. The molecule has 5 nitrogen and oxygen atoms in total. The molecule has 0 fully saturated rings. The van der Waals surface area contributed by atoms with Crippen molar-refractivity contribution in [1.29, 1.82) is 0 Å². The van der Waals surface area contributed by atoms with Crippen LogP contribution in [0.3, 0.4) is 0 Å². The minimum absolute atomic E-state index is 0.321. The average molecular weight is 269 g/mol. The Hall–Kier alpha value is -1.62. The van der Waals surface area contributed by atoms with Crippen molar-refractivity contribution < 1.29 is 19.2 Å². The van der Waals surface area contributed by atoms with Crippen LogP contribution in [0.15, 0.2) is 24.5 Å². The number of hydrogen-bond acceptors (Lipinski definition) is 5. The Morgan fingerprint density at radius 2 is 1.58 bits per heavy atom. The summed E-state index contributed by atoms with van der Waals surface area (Å²) in [5.74, 6) is 2.57. The third kappa shape index (κ3) is 8.15. The average Bonchev–Trinajstić information content (AvgIpc) is 2.41. The van der Waals surface area contributed by atoms with Gasteiger partial charge >= 0.3 is 11.9 Å². The van der Waals surface area contributed by atoms with E-state index in [4.69, 9.17) is 0 Å². The minimum atomic E-state index is -0.972. The van der Waals surface area contributed by atoms with Crippen LogP contribution in [0.5, 0.6) is 0 Å². The molecule has 19 heavy (non-hydrogen) atoms. The molecule has 0 aromatic rings. The molecule has 0 saturated heterocycles. The molecular formula is C14H23NO4. The number of unbranched alkanes of at least 4 members (excludes halogenated alkanes) is 5. The highest BCUT2D eigenvalue weighted by Crippen LogP contribution is 2.13. The SMILES string of the molecule is C=C(CCCCCCCC)C(=O)OC(=C)C(=O)ON. The fraction of sp³-hybridized carbons (Fsp3) is 0.571. The van der Waals surface area contributed by atoms with Crippen molar-refractivity contribution in [1.82, 2.24) is 0 Å². The monoisotopic (exact) mass is 269 g/mol. The van der Waals surface area contributed by atoms with E-state index in [1.165, 1.54) is 19.3 Å². The van der Waals surface area contributed by atoms with E-state index in [1.807, 2.05) is 0 Å². The van der Waals surface area contributed by atoms with E-state index in [9.17, 15) is 9.59 Å². The molecule has 2 N–H and O–H groups in total. The van der Waals surface area contributed by atoms with Crippen LogP contribution in [0, 0.1) is 0 Å². The minimum Gasteiger partial charge on any atom is -0.416 e. The van der Waals surface area contributed by atoms with Gasteiger partial charge in [-0.05, 0) is 19.4 Å². The van der Waals surface area contributed by atoms with Gasteiger partial charge in [-0.3, -0.25) is 0 Å². The number of hydrogen-bond donors (Lipinski definition) is 1. The third-order valence-corrected chi connectivity index (χ3v) is 2.67. The van der Waals surface area contributed by atoms with Crippen LogP contribution >= 0.6 is 0 Å². The van der Waals surface area contributed by atoms with Gasteiger partial charge in [-0.2, -0.15) is 5.90 Å². The summed E-state index contributed by atoms with van der Waals surface area (Å²) >= 11 is 0. The zero-order valence-corrected chi connectivity index (χ0v) is 11.6. The molecule has 0 aromatic heterocycles. The molecule has 0 rings (SSSR count). The molecule has 0 radical (unpaired) electrons. The second-order valence-electron chi connectivity index (χ2n) is 4.34. The van der Waals surface area contributed by atoms with Gasteiger partial charge in [0, 0.05) is 5.57 Å². The van der Waals surface area contributed by atoms with E-state index < -0.39 is 17.7 Å². The number of rotatable bonds is 10. The molecular weight excluding hydrogens is 246 g/mol. The summed E-state index contributed by atoms with van der Waals surface area (Å²) < 4.78 is 4.67. The molecule has 0 aliphatic rings. The second-order valence-corrected chi connectivity index (χ2v) is 4.34. The van der Waals surface area contributed by atoms with Gasteiger partial charge < -0.3 is 9.57 Å². The van der Waals surface area contributed by atoms with Crippen molar-refractivity contribution in [3.05, 3.63) is 24.5 Å².